The van der Waals surface area contributed by atoms with Crippen LogP contribution in [-0.4, -0.2) is 40.9 Å². The number of hydrogen-bond acceptors (Lipinski definition) is 3. The van der Waals surface area contributed by atoms with Crippen molar-refractivity contribution < 1.29 is 4.79 Å². The second-order valence-corrected chi connectivity index (χ2v) is 5.75. The topological polar surface area (TPSA) is 46.3 Å². The molecule has 0 aliphatic carbocycles. The molecule has 1 aliphatic rings. The third kappa shape index (κ3) is 3.39. The van der Waals surface area contributed by atoms with Crippen molar-refractivity contribution in [2.75, 3.05) is 12.0 Å². The highest BCUT2D eigenvalue weighted by atomic mass is 32.2. The summed E-state index contributed by atoms with van der Waals surface area (Å²) >= 11 is 1.74. The number of amides is 1. The minimum Gasteiger partial charge on any atom is -0.336 e. The second-order valence-electron chi connectivity index (χ2n) is 4.76. The molecule has 1 aliphatic heterocycles. The molecule has 0 saturated carbocycles. The standard InChI is InChI=1S/C12H24N2OS/c1-9-5-4-6-10(2)14(9)12(15)11(13)7-8-16-3/h9-11H,4-8,13H2,1-3H3/t9-,10+,11-/m1/s1. The van der Waals surface area contributed by atoms with Crippen molar-refractivity contribution in [1.82, 2.24) is 4.90 Å². The summed E-state index contributed by atoms with van der Waals surface area (Å²) in [6.45, 7) is 4.27. The molecule has 4 heteroatoms. The summed E-state index contributed by atoms with van der Waals surface area (Å²) in [6, 6.07) is 0.406. The van der Waals surface area contributed by atoms with E-state index in [9.17, 15) is 4.79 Å². The van der Waals surface area contributed by atoms with Gasteiger partial charge in [-0.25, -0.2) is 0 Å². The highest BCUT2D eigenvalue weighted by molar-refractivity contribution is 7.98. The van der Waals surface area contributed by atoms with Crippen LogP contribution in [-0.2, 0) is 4.79 Å². The quantitative estimate of drug-likeness (QED) is 0.821. The van der Waals surface area contributed by atoms with Crippen molar-refractivity contribution in [3.05, 3.63) is 0 Å². The Morgan fingerprint density at radius 1 is 1.44 bits per heavy atom. The van der Waals surface area contributed by atoms with Crippen molar-refractivity contribution in [1.29, 1.82) is 0 Å². The molecule has 0 bridgehead atoms. The van der Waals surface area contributed by atoms with Gasteiger partial charge in [0.05, 0.1) is 6.04 Å². The molecule has 0 aromatic rings. The molecule has 1 heterocycles. The van der Waals surface area contributed by atoms with E-state index in [1.165, 1.54) is 6.42 Å². The predicted octanol–water partition coefficient (Wildman–Crippen LogP) is 1.86. The first kappa shape index (κ1) is 13.8. The lowest BCUT2D eigenvalue weighted by Gasteiger charge is -2.40. The normalized spacial score (nSPS) is 27.9. The summed E-state index contributed by atoms with van der Waals surface area (Å²) in [7, 11) is 0. The Morgan fingerprint density at radius 3 is 2.50 bits per heavy atom. The van der Waals surface area contributed by atoms with E-state index in [0.717, 1.165) is 25.0 Å². The van der Waals surface area contributed by atoms with Gasteiger partial charge in [0, 0.05) is 12.1 Å². The van der Waals surface area contributed by atoms with Crippen molar-refractivity contribution in [2.24, 2.45) is 5.73 Å². The van der Waals surface area contributed by atoms with E-state index >= 15 is 0 Å². The van der Waals surface area contributed by atoms with Crippen LogP contribution in [0.5, 0.6) is 0 Å². The van der Waals surface area contributed by atoms with Gasteiger partial charge in [0.15, 0.2) is 0 Å². The zero-order valence-electron chi connectivity index (χ0n) is 10.6. The number of rotatable bonds is 4. The van der Waals surface area contributed by atoms with Crippen LogP contribution in [0.4, 0.5) is 0 Å². The number of piperidine rings is 1. The van der Waals surface area contributed by atoms with Crippen LogP contribution in [0, 0.1) is 0 Å². The number of hydrogen-bond donors (Lipinski definition) is 1. The lowest BCUT2D eigenvalue weighted by Crippen LogP contribution is -2.53. The maximum atomic E-state index is 12.2. The number of thioether (sulfide) groups is 1. The third-order valence-corrected chi connectivity index (χ3v) is 4.04. The van der Waals surface area contributed by atoms with E-state index in [2.05, 4.69) is 13.8 Å². The average molecular weight is 244 g/mol. The largest absolute Gasteiger partial charge is 0.336 e. The van der Waals surface area contributed by atoms with E-state index in [4.69, 9.17) is 5.73 Å². The van der Waals surface area contributed by atoms with Gasteiger partial charge in [0.1, 0.15) is 0 Å². The first-order valence-corrected chi connectivity index (χ1v) is 7.54. The fraction of sp³-hybridized carbons (Fsp3) is 0.917. The van der Waals surface area contributed by atoms with E-state index < -0.39 is 0 Å². The lowest BCUT2D eigenvalue weighted by molar-refractivity contribution is -0.138. The van der Waals surface area contributed by atoms with Gasteiger partial charge in [-0.2, -0.15) is 11.8 Å². The Balaban J connectivity index is 2.56. The molecule has 16 heavy (non-hydrogen) atoms. The van der Waals surface area contributed by atoms with Gasteiger partial charge >= 0.3 is 0 Å². The summed E-state index contributed by atoms with van der Waals surface area (Å²) in [4.78, 5) is 14.2. The van der Waals surface area contributed by atoms with Crippen molar-refractivity contribution in [3.63, 3.8) is 0 Å². The maximum Gasteiger partial charge on any atom is 0.239 e. The lowest BCUT2D eigenvalue weighted by atomic mass is 9.96. The molecule has 0 unspecified atom stereocenters. The molecule has 3 nitrogen and oxygen atoms in total. The van der Waals surface area contributed by atoms with Gasteiger partial charge in [0.2, 0.25) is 5.91 Å². The fourth-order valence-corrected chi connectivity index (χ4v) is 2.91. The summed E-state index contributed by atoms with van der Waals surface area (Å²) in [5.41, 5.74) is 5.95. The monoisotopic (exact) mass is 244 g/mol. The van der Waals surface area contributed by atoms with Crippen molar-refractivity contribution in [3.8, 4) is 0 Å². The molecule has 0 aromatic heterocycles. The average Bonchev–Trinajstić information content (AvgIpc) is 2.25. The highest BCUT2D eigenvalue weighted by Crippen LogP contribution is 2.23. The molecule has 94 valence electrons. The number of carbonyl (C=O) groups excluding carboxylic acids is 1. The van der Waals surface area contributed by atoms with Gasteiger partial charge in [-0.05, 0) is 51.5 Å². The third-order valence-electron chi connectivity index (χ3n) is 3.40. The summed E-state index contributed by atoms with van der Waals surface area (Å²) in [6.07, 6.45) is 6.29. The molecule has 1 rings (SSSR count). The van der Waals surface area contributed by atoms with E-state index in [1.54, 1.807) is 11.8 Å². The number of nitrogens with two attached hydrogens (primary N) is 1. The Morgan fingerprint density at radius 2 is 2.00 bits per heavy atom. The maximum absolute atomic E-state index is 12.2. The number of likely N-dealkylation sites (tertiary alicyclic amines) is 1. The number of carbonyl (C=O) groups is 1. The first-order chi connectivity index (χ1) is 7.57. The molecule has 1 saturated heterocycles. The number of nitrogens with zero attached hydrogens (tertiary/aromatic N) is 1. The smallest absolute Gasteiger partial charge is 0.239 e. The highest BCUT2D eigenvalue weighted by Gasteiger charge is 2.31. The molecular formula is C12H24N2OS. The van der Waals surface area contributed by atoms with Crippen molar-refractivity contribution in [2.45, 2.75) is 57.7 Å². The van der Waals surface area contributed by atoms with Crippen molar-refractivity contribution >= 4 is 17.7 Å². The molecule has 1 amide bonds. The summed E-state index contributed by atoms with van der Waals surface area (Å²) in [5.74, 6) is 1.11. The first-order valence-electron chi connectivity index (χ1n) is 6.14. The minimum absolute atomic E-state index is 0.147. The SMILES string of the molecule is CSCC[C@@H](N)C(=O)N1[C@H](C)CCC[C@@H]1C. The molecule has 0 spiro atoms. The zero-order chi connectivity index (χ0) is 12.1. The second kappa shape index (κ2) is 6.50. The minimum atomic E-state index is -0.310. The van der Waals surface area contributed by atoms with Gasteiger partial charge in [0.25, 0.3) is 0 Å². The zero-order valence-corrected chi connectivity index (χ0v) is 11.4. The van der Waals surface area contributed by atoms with E-state index in [1.807, 2.05) is 11.2 Å². The van der Waals surface area contributed by atoms with E-state index in [-0.39, 0.29) is 11.9 Å². The van der Waals surface area contributed by atoms with Crippen LogP contribution in [0.1, 0.15) is 39.5 Å². The van der Waals surface area contributed by atoms with Gasteiger partial charge < -0.3 is 10.6 Å². The molecule has 0 aromatic carbocycles. The fourth-order valence-electron chi connectivity index (χ4n) is 2.42. The molecule has 1 fully saturated rings. The van der Waals surface area contributed by atoms with Crippen LogP contribution in [0.25, 0.3) is 0 Å². The van der Waals surface area contributed by atoms with Crippen LogP contribution < -0.4 is 5.73 Å². The van der Waals surface area contributed by atoms with Crippen LogP contribution in [0.2, 0.25) is 0 Å². The van der Waals surface area contributed by atoms with E-state index in [0.29, 0.717) is 12.1 Å². The summed E-state index contributed by atoms with van der Waals surface area (Å²) in [5, 5.41) is 0. The molecule has 3 atom stereocenters. The summed E-state index contributed by atoms with van der Waals surface area (Å²) < 4.78 is 0. The van der Waals surface area contributed by atoms with Crippen LogP contribution >= 0.6 is 11.8 Å². The Kier molecular flexibility index (Phi) is 5.62. The van der Waals surface area contributed by atoms with Crippen LogP contribution in [0.3, 0.4) is 0 Å². The van der Waals surface area contributed by atoms with Gasteiger partial charge in [-0.3, -0.25) is 4.79 Å². The van der Waals surface area contributed by atoms with Crippen LogP contribution in [0.15, 0.2) is 0 Å². The molecule has 2 N–H and O–H groups in total. The molecular weight excluding hydrogens is 220 g/mol. The Hall–Kier alpha value is -0.220. The Bertz CT molecular complexity index is 225. The predicted molar refractivity (Wildman–Crippen MR) is 70.6 cm³/mol. The van der Waals surface area contributed by atoms with Gasteiger partial charge in [-0.15, -0.1) is 0 Å². The molecule has 0 radical (unpaired) electrons. The van der Waals surface area contributed by atoms with Gasteiger partial charge in [-0.1, -0.05) is 0 Å². The Labute approximate surface area is 103 Å².